The molecule has 0 saturated carbocycles. The van der Waals surface area contributed by atoms with Gasteiger partial charge in [0, 0.05) is 26.7 Å². The Morgan fingerprint density at radius 3 is 2.19 bits per heavy atom. The number of halogens is 2. The summed E-state index contributed by atoms with van der Waals surface area (Å²) in [5.74, 6) is -0.549. The maximum atomic E-state index is 13.4. The summed E-state index contributed by atoms with van der Waals surface area (Å²) >= 11 is 0. The lowest BCUT2D eigenvalue weighted by molar-refractivity contribution is -0.115. The lowest BCUT2D eigenvalue weighted by Crippen LogP contribution is -2.20. The van der Waals surface area contributed by atoms with E-state index in [0.717, 1.165) is 18.2 Å². The fourth-order valence-corrected chi connectivity index (χ4v) is 3.75. The van der Waals surface area contributed by atoms with Gasteiger partial charge in [0.05, 0.1) is 12.1 Å². The number of hydrogen-bond donors (Lipinski definition) is 2. The van der Waals surface area contributed by atoms with Crippen LogP contribution in [0, 0.1) is 32.4 Å². The van der Waals surface area contributed by atoms with Crippen LogP contribution in [0.2, 0.25) is 0 Å². The first kappa shape index (κ1) is 23.2. The predicted molar refractivity (Wildman–Crippen MR) is 125 cm³/mol. The molecule has 168 valence electrons. The molecule has 0 bridgehead atoms. The molecule has 1 amide bonds. The zero-order chi connectivity index (χ0) is 23.4. The summed E-state index contributed by atoms with van der Waals surface area (Å²) in [6.07, 6.45) is -0.145. The fraction of sp³-hybridized carbons (Fsp3) is 0.280. The maximum Gasteiger partial charge on any atom is 0.228 e. The third-order valence-corrected chi connectivity index (χ3v) is 5.15. The van der Waals surface area contributed by atoms with Crippen molar-refractivity contribution in [2.45, 2.75) is 33.7 Å². The number of nitrogens with one attached hydrogen (secondary N) is 2. The molecule has 0 atom stereocenters. The average Bonchev–Trinajstić information content (AvgIpc) is 2.67. The second-order valence-corrected chi connectivity index (χ2v) is 8.20. The lowest BCUT2D eigenvalue weighted by atomic mass is 10.00. The summed E-state index contributed by atoms with van der Waals surface area (Å²) < 4.78 is 26.8. The maximum absolute atomic E-state index is 13.4. The largest absolute Gasteiger partial charge is 0.366 e. The molecular formula is C25H28F2N4O. The van der Waals surface area contributed by atoms with E-state index in [-0.39, 0.29) is 17.9 Å². The van der Waals surface area contributed by atoms with Crippen molar-refractivity contribution in [1.29, 1.82) is 0 Å². The number of carbonyl (C=O) groups excluding carboxylic acids is 1. The molecule has 2 aromatic carbocycles. The number of nitrogens with zero attached hydrogens (tertiary/aromatic N) is 2. The van der Waals surface area contributed by atoms with Crippen LogP contribution in [0.1, 0.15) is 27.8 Å². The zero-order valence-electron chi connectivity index (χ0n) is 19.0. The van der Waals surface area contributed by atoms with Crippen LogP contribution in [-0.2, 0) is 17.8 Å². The smallest absolute Gasteiger partial charge is 0.228 e. The molecule has 0 unspecified atom stereocenters. The van der Waals surface area contributed by atoms with Crippen molar-refractivity contribution >= 4 is 23.2 Å². The number of aryl methyl sites for hydroxylation is 3. The van der Waals surface area contributed by atoms with Crippen LogP contribution in [0.4, 0.5) is 26.1 Å². The van der Waals surface area contributed by atoms with Crippen LogP contribution in [0.25, 0.3) is 0 Å². The Bertz CT molecular complexity index is 1100. The predicted octanol–water partition coefficient (Wildman–Crippen LogP) is 5.14. The topological polar surface area (TPSA) is 57.3 Å². The number of rotatable bonds is 7. The SMILES string of the molecule is Cc1cc(C)c(CNc2ccc(NC(=O)Cc3cc(F)cc(F)c3)c(N(C)C)n2)c(C)c1. The molecule has 0 aliphatic carbocycles. The van der Waals surface area contributed by atoms with Crippen molar-refractivity contribution in [2.75, 3.05) is 29.6 Å². The molecule has 2 N–H and O–H groups in total. The van der Waals surface area contributed by atoms with Gasteiger partial charge >= 0.3 is 0 Å². The first-order valence-corrected chi connectivity index (χ1v) is 10.4. The first-order valence-electron chi connectivity index (χ1n) is 10.4. The number of carbonyl (C=O) groups is 1. The molecule has 0 fully saturated rings. The van der Waals surface area contributed by atoms with Crippen molar-refractivity contribution in [3.05, 3.63) is 81.9 Å². The molecule has 7 heteroatoms. The van der Waals surface area contributed by atoms with Crippen molar-refractivity contribution in [2.24, 2.45) is 0 Å². The minimum absolute atomic E-state index is 0.145. The third kappa shape index (κ3) is 5.81. The van der Waals surface area contributed by atoms with Gasteiger partial charge in [-0.15, -0.1) is 0 Å². The zero-order valence-corrected chi connectivity index (χ0v) is 19.0. The quantitative estimate of drug-likeness (QED) is 0.536. The minimum atomic E-state index is -0.710. The Labute approximate surface area is 187 Å². The van der Waals surface area contributed by atoms with E-state index in [0.29, 0.717) is 23.9 Å². The highest BCUT2D eigenvalue weighted by Crippen LogP contribution is 2.25. The summed E-state index contributed by atoms with van der Waals surface area (Å²) in [4.78, 5) is 18.9. The fourth-order valence-electron chi connectivity index (χ4n) is 3.75. The molecule has 1 aromatic heterocycles. The van der Waals surface area contributed by atoms with Gasteiger partial charge in [-0.25, -0.2) is 13.8 Å². The van der Waals surface area contributed by atoms with E-state index >= 15 is 0 Å². The Hall–Kier alpha value is -3.48. The van der Waals surface area contributed by atoms with Gasteiger partial charge < -0.3 is 15.5 Å². The second kappa shape index (κ2) is 9.77. The van der Waals surface area contributed by atoms with Gasteiger partial charge in [-0.1, -0.05) is 17.7 Å². The molecule has 0 radical (unpaired) electrons. The number of aromatic nitrogens is 1. The van der Waals surface area contributed by atoms with Crippen LogP contribution < -0.4 is 15.5 Å². The number of amides is 1. The van der Waals surface area contributed by atoms with Gasteiger partial charge in [0.1, 0.15) is 17.5 Å². The van der Waals surface area contributed by atoms with Gasteiger partial charge in [0.25, 0.3) is 0 Å². The molecule has 5 nitrogen and oxygen atoms in total. The van der Waals surface area contributed by atoms with Crippen LogP contribution in [0.3, 0.4) is 0 Å². The molecule has 1 heterocycles. The minimum Gasteiger partial charge on any atom is -0.366 e. The van der Waals surface area contributed by atoms with Gasteiger partial charge in [-0.05, 0) is 67.3 Å². The summed E-state index contributed by atoms with van der Waals surface area (Å²) in [5.41, 5.74) is 5.69. The lowest BCUT2D eigenvalue weighted by Gasteiger charge is -2.19. The van der Waals surface area contributed by atoms with E-state index in [4.69, 9.17) is 0 Å². The molecule has 32 heavy (non-hydrogen) atoms. The monoisotopic (exact) mass is 438 g/mol. The molecule has 0 aliphatic heterocycles. The number of anilines is 3. The normalized spacial score (nSPS) is 10.7. The summed E-state index contributed by atoms with van der Waals surface area (Å²) in [7, 11) is 3.66. The van der Waals surface area contributed by atoms with E-state index in [9.17, 15) is 13.6 Å². The Morgan fingerprint density at radius 1 is 0.969 bits per heavy atom. The van der Waals surface area contributed by atoms with Gasteiger partial charge in [0.15, 0.2) is 5.82 Å². The van der Waals surface area contributed by atoms with Gasteiger partial charge in [-0.3, -0.25) is 4.79 Å². The Kier molecular flexibility index (Phi) is 7.08. The Balaban J connectivity index is 1.74. The molecule has 3 aromatic rings. The van der Waals surface area contributed by atoms with Crippen molar-refractivity contribution < 1.29 is 13.6 Å². The van der Waals surface area contributed by atoms with E-state index in [1.807, 2.05) is 14.1 Å². The average molecular weight is 439 g/mol. The molecular weight excluding hydrogens is 410 g/mol. The highest BCUT2D eigenvalue weighted by molar-refractivity contribution is 5.95. The standard InChI is InChI=1S/C25H28F2N4O/c1-15-8-16(2)21(17(3)9-15)14-28-23-7-6-22(25(30-23)31(4)5)29-24(32)12-18-10-19(26)13-20(27)11-18/h6-11,13H,12,14H2,1-5H3,(H,28,30)(H,29,32). The van der Waals surface area contributed by atoms with Crippen molar-refractivity contribution in [3.8, 4) is 0 Å². The van der Waals surface area contributed by atoms with Gasteiger partial charge in [0.2, 0.25) is 5.91 Å². The second-order valence-electron chi connectivity index (χ2n) is 8.20. The van der Waals surface area contributed by atoms with E-state index in [1.165, 1.54) is 22.3 Å². The van der Waals surface area contributed by atoms with Crippen molar-refractivity contribution in [1.82, 2.24) is 4.98 Å². The number of pyridine rings is 1. The first-order chi connectivity index (χ1) is 15.1. The van der Waals surface area contributed by atoms with Gasteiger partial charge in [-0.2, -0.15) is 0 Å². The summed E-state index contributed by atoms with van der Waals surface area (Å²) in [6.45, 7) is 6.91. The highest BCUT2D eigenvalue weighted by Gasteiger charge is 2.13. The van der Waals surface area contributed by atoms with Crippen molar-refractivity contribution in [3.63, 3.8) is 0 Å². The summed E-state index contributed by atoms with van der Waals surface area (Å²) in [6, 6.07) is 11.0. The highest BCUT2D eigenvalue weighted by atomic mass is 19.1. The molecule has 0 aliphatic rings. The molecule has 3 rings (SSSR count). The molecule has 0 spiro atoms. The van der Waals surface area contributed by atoms with E-state index < -0.39 is 11.6 Å². The van der Waals surface area contributed by atoms with Crippen LogP contribution in [0.5, 0.6) is 0 Å². The van der Waals surface area contributed by atoms with Crippen LogP contribution in [0.15, 0.2) is 42.5 Å². The van der Waals surface area contributed by atoms with E-state index in [2.05, 4.69) is 48.5 Å². The third-order valence-electron chi connectivity index (χ3n) is 5.15. The van der Waals surface area contributed by atoms with Crippen LogP contribution in [-0.4, -0.2) is 25.0 Å². The van der Waals surface area contributed by atoms with Crippen LogP contribution >= 0.6 is 0 Å². The number of benzene rings is 2. The number of hydrogen-bond acceptors (Lipinski definition) is 4. The molecule has 0 saturated heterocycles. The Morgan fingerprint density at radius 2 is 1.59 bits per heavy atom. The van der Waals surface area contributed by atoms with E-state index in [1.54, 1.807) is 17.0 Å². The summed E-state index contributed by atoms with van der Waals surface area (Å²) in [5, 5.41) is 6.15.